The molecule has 1 aliphatic heterocycles. The van der Waals surface area contributed by atoms with Gasteiger partial charge in [0, 0.05) is 25.4 Å². The number of piperidine rings is 1. The maximum Gasteiger partial charge on any atom is 0.328 e. The number of carbonyl (C=O) groups is 1. The summed E-state index contributed by atoms with van der Waals surface area (Å²) in [5.41, 5.74) is 1.92. The Morgan fingerprint density at radius 3 is 2.80 bits per heavy atom. The standard InChI is InChI=1S/C16H22N2O2/c1-11-6-7-18(10-13(11)3)16-12(2)8-14(9-17-16)4-5-15(19)20/h4-5,8-9,11,13H,6-7,10H2,1-3H3,(H,19,20)/b5-4+. The van der Waals surface area contributed by atoms with Crippen LogP contribution in [0.2, 0.25) is 0 Å². The Hall–Kier alpha value is -1.84. The predicted octanol–water partition coefficient (Wildman–Crippen LogP) is 2.97. The lowest BCUT2D eigenvalue weighted by Crippen LogP contribution is -2.39. The molecule has 2 rings (SSSR count). The molecule has 1 aromatic heterocycles. The summed E-state index contributed by atoms with van der Waals surface area (Å²) in [5.74, 6) is 1.53. The quantitative estimate of drug-likeness (QED) is 0.861. The SMILES string of the molecule is Cc1cc(/C=C/C(=O)O)cnc1N1CCC(C)C(C)C1. The zero-order valence-electron chi connectivity index (χ0n) is 12.3. The Kier molecular flexibility index (Phi) is 4.42. The number of pyridine rings is 1. The third-order valence-electron chi connectivity index (χ3n) is 4.12. The van der Waals surface area contributed by atoms with Gasteiger partial charge < -0.3 is 10.0 Å². The van der Waals surface area contributed by atoms with Crippen LogP contribution in [0.25, 0.3) is 6.08 Å². The van der Waals surface area contributed by atoms with E-state index in [4.69, 9.17) is 5.11 Å². The lowest BCUT2D eigenvalue weighted by molar-refractivity contribution is -0.131. The fourth-order valence-electron chi connectivity index (χ4n) is 2.63. The maximum atomic E-state index is 10.5. The van der Waals surface area contributed by atoms with Crippen molar-refractivity contribution in [2.75, 3.05) is 18.0 Å². The second-order valence-corrected chi connectivity index (χ2v) is 5.77. The van der Waals surface area contributed by atoms with Gasteiger partial charge in [0.2, 0.25) is 0 Å². The van der Waals surface area contributed by atoms with Gasteiger partial charge in [0.1, 0.15) is 5.82 Å². The number of aliphatic carboxylic acids is 1. The molecule has 4 nitrogen and oxygen atoms in total. The normalized spacial score (nSPS) is 23.2. The van der Waals surface area contributed by atoms with Crippen LogP contribution >= 0.6 is 0 Å². The molecule has 108 valence electrons. The number of aryl methyl sites for hydroxylation is 1. The first-order valence-corrected chi connectivity index (χ1v) is 7.10. The highest BCUT2D eigenvalue weighted by molar-refractivity contribution is 5.85. The van der Waals surface area contributed by atoms with Gasteiger partial charge in [-0.15, -0.1) is 0 Å². The first kappa shape index (κ1) is 14.6. The molecule has 2 heterocycles. The van der Waals surface area contributed by atoms with Gasteiger partial charge >= 0.3 is 5.97 Å². The molecule has 1 aromatic rings. The van der Waals surface area contributed by atoms with E-state index in [1.165, 1.54) is 6.42 Å². The van der Waals surface area contributed by atoms with Crippen LogP contribution in [0, 0.1) is 18.8 Å². The Balaban J connectivity index is 2.15. The number of hydrogen-bond acceptors (Lipinski definition) is 3. The molecule has 1 saturated heterocycles. The molecule has 2 atom stereocenters. The summed E-state index contributed by atoms with van der Waals surface area (Å²) in [5, 5.41) is 8.64. The molecular weight excluding hydrogens is 252 g/mol. The number of hydrogen-bond donors (Lipinski definition) is 1. The van der Waals surface area contributed by atoms with Gasteiger partial charge in [-0.3, -0.25) is 0 Å². The molecule has 0 aliphatic carbocycles. The van der Waals surface area contributed by atoms with E-state index in [1.54, 1.807) is 12.3 Å². The van der Waals surface area contributed by atoms with Crippen LogP contribution in [0.15, 0.2) is 18.3 Å². The van der Waals surface area contributed by atoms with E-state index in [0.29, 0.717) is 5.92 Å². The first-order valence-electron chi connectivity index (χ1n) is 7.10. The summed E-state index contributed by atoms with van der Waals surface area (Å²) in [6.07, 6.45) is 5.65. The molecule has 1 N–H and O–H groups in total. The molecule has 4 heteroatoms. The van der Waals surface area contributed by atoms with Gasteiger partial charge in [0.15, 0.2) is 0 Å². The highest BCUT2D eigenvalue weighted by Crippen LogP contribution is 2.28. The van der Waals surface area contributed by atoms with E-state index in [-0.39, 0.29) is 0 Å². The average molecular weight is 274 g/mol. The summed E-state index contributed by atoms with van der Waals surface area (Å²) in [4.78, 5) is 17.4. The fourth-order valence-corrected chi connectivity index (χ4v) is 2.63. The number of carboxylic acids is 1. The molecule has 0 bridgehead atoms. The first-order chi connectivity index (χ1) is 9.47. The van der Waals surface area contributed by atoms with Crippen molar-refractivity contribution in [3.05, 3.63) is 29.5 Å². The number of nitrogens with zero attached hydrogens (tertiary/aromatic N) is 2. The van der Waals surface area contributed by atoms with Crippen molar-refractivity contribution in [1.82, 2.24) is 4.98 Å². The number of rotatable bonds is 3. The Labute approximate surface area is 120 Å². The molecular formula is C16H22N2O2. The lowest BCUT2D eigenvalue weighted by Gasteiger charge is -2.36. The number of anilines is 1. The monoisotopic (exact) mass is 274 g/mol. The van der Waals surface area contributed by atoms with Gasteiger partial charge in [-0.05, 0) is 48.4 Å². The minimum Gasteiger partial charge on any atom is -0.478 e. The zero-order valence-corrected chi connectivity index (χ0v) is 12.3. The molecule has 0 saturated carbocycles. The van der Waals surface area contributed by atoms with Gasteiger partial charge in [0.05, 0.1) is 0 Å². The third kappa shape index (κ3) is 3.38. The van der Waals surface area contributed by atoms with Gasteiger partial charge in [-0.1, -0.05) is 13.8 Å². The Bertz CT molecular complexity index is 525. The summed E-state index contributed by atoms with van der Waals surface area (Å²) in [7, 11) is 0. The van der Waals surface area contributed by atoms with Crippen LogP contribution in [-0.2, 0) is 4.79 Å². The van der Waals surface area contributed by atoms with Crippen molar-refractivity contribution in [1.29, 1.82) is 0 Å². The second-order valence-electron chi connectivity index (χ2n) is 5.77. The Morgan fingerprint density at radius 2 is 2.20 bits per heavy atom. The summed E-state index contributed by atoms with van der Waals surface area (Å²) in [6.45, 7) is 8.71. The third-order valence-corrected chi connectivity index (χ3v) is 4.12. The van der Waals surface area contributed by atoms with Crippen molar-refractivity contribution >= 4 is 17.9 Å². The molecule has 1 fully saturated rings. The van der Waals surface area contributed by atoms with E-state index in [2.05, 4.69) is 23.7 Å². The topological polar surface area (TPSA) is 53.4 Å². The zero-order chi connectivity index (χ0) is 14.7. The minimum absolute atomic E-state index is 0.677. The highest BCUT2D eigenvalue weighted by Gasteiger charge is 2.24. The van der Waals surface area contributed by atoms with Crippen molar-refractivity contribution in [2.45, 2.75) is 27.2 Å². The van der Waals surface area contributed by atoms with E-state index in [1.807, 2.05) is 13.0 Å². The number of aromatic nitrogens is 1. The molecule has 1 aliphatic rings. The van der Waals surface area contributed by atoms with Crippen molar-refractivity contribution in [2.24, 2.45) is 11.8 Å². The number of carboxylic acid groups (broad SMARTS) is 1. The van der Waals surface area contributed by atoms with E-state index >= 15 is 0 Å². The van der Waals surface area contributed by atoms with Crippen LogP contribution in [0.1, 0.15) is 31.4 Å². The smallest absolute Gasteiger partial charge is 0.328 e. The second kappa shape index (κ2) is 6.07. The minimum atomic E-state index is -0.939. The van der Waals surface area contributed by atoms with Gasteiger partial charge in [-0.25, -0.2) is 9.78 Å². The lowest BCUT2D eigenvalue weighted by atomic mass is 9.88. The van der Waals surface area contributed by atoms with Crippen molar-refractivity contribution < 1.29 is 9.90 Å². The molecule has 0 aromatic carbocycles. The average Bonchev–Trinajstić information content (AvgIpc) is 2.40. The summed E-state index contributed by atoms with van der Waals surface area (Å²) in [6, 6.07) is 1.99. The van der Waals surface area contributed by atoms with E-state index in [9.17, 15) is 4.79 Å². The van der Waals surface area contributed by atoms with Crippen LogP contribution in [-0.4, -0.2) is 29.1 Å². The predicted molar refractivity (Wildman–Crippen MR) is 80.8 cm³/mol. The fraction of sp³-hybridized carbons (Fsp3) is 0.500. The summed E-state index contributed by atoms with van der Waals surface area (Å²) >= 11 is 0. The largest absolute Gasteiger partial charge is 0.478 e. The van der Waals surface area contributed by atoms with E-state index in [0.717, 1.165) is 42.0 Å². The van der Waals surface area contributed by atoms with Crippen molar-refractivity contribution in [3.63, 3.8) is 0 Å². The molecule has 0 amide bonds. The van der Waals surface area contributed by atoms with Crippen LogP contribution in [0.3, 0.4) is 0 Å². The highest BCUT2D eigenvalue weighted by atomic mass is 16.4. The van der Waals surface area contributed by atoms with Crippen molar-refractivity contribution in [3.8, 4) is 0 Å². The molecule has 0 spiro atoms. The molecule has 0 radical (unpaired) electrons. The van der Waals surface area contributed by atoms with E-state index < -0.39 is 5.97 Å². The van der Waals surface area contributed by atoms with Crippen LogP contribution in [0.5, 0.6) is 0 Å². The Morgan fingerprint density at radius 1 is 1.45 bits per heavy atom. The van der Waals surface area contributed by atoms with Crippen LogP contribution in [0.4, 0.5) is 5.82 Å². The van der Waals surface area contributed by atoms with Gasteiger partial charge in [0.25, 0.3) is 0 Å². The molecule has 20 heavy (non-hydrogen) atoms. The van der Waals surface area contributed by atoms with Crippen LogP contribution < -0.4 is 4.90 Å². The molecule has 2 unspecified atom stereocenters. The van der Waals surface area contributed by atoms with Gasteiger partial charge in [-0.2, -0.15) is 0 Å². The summed E-state index contributed by atoms with van der Waals surface area (Å²) < 4.78 is 0. The maximum absolute atomic E-state index is 10.5.